The van der Waals surface area contributed by atoms with Crippen molar-refractivity contribution in [3.05, 3.63) is 53.7 Å². The maximum absolute atomic E-state index is 4.34. The van der Waals surface area contributed by atoms with E-state index in [1.807, 2.05) is 31.4 Å². The van der Waals surface area contributed by atoms with Crippen LogP contribution >= 0.6 is 11.8 Å². The van der Waals surface area contributed by atoms with Gasteiger partial charge in [0, 0.05) is 17.6 Å². The summed E-state index contributed by atoms with van der Waals surface area (Å²) in [5, 5.41) is 4.24. The fourth-order valence-electron chi connectivity index (χ4n) is 1.66. The first-order valence-electron chi connectivity index (χ1n) is 5.62. The van der Waals surface area contributed by atoms with E-state index in [9.17, 15) is 0 Å². The van der Waals surface area contributed by atoms with Crippen LogP contribution < -0.4 is 5.32 Å². The Balaban J connectivity index is 2.26. The lowest BCUT2D eigenvalue weighted by Gasteiger charge is -2.09. The zero-order chi connectivity index (χ0) is 12.1. The number of hydrogen-bond donors (Lipinski definition) is 1. The van der Waals surface area contributed by atoms with Crippen LogP contribution in [0.3, 0.4) is 0 Å². The Morgan fingerprint density at radius 1 is 1.24 bits per heavy atom. The molecule has 0 aliphatic rings. The van der Waals surface area contributed by atoms with Crippen LogP contribution in [-0.4, -0.2) is 12.0 Å². The molecule has 3 heteroatoms. The molecule has 1 heterocycles. The Morgan fingerprint density at radius 3 is 2.82 bits per heavy atom. The summed E-state index contributed by atoms with van der Waals surface area (Å²) in [5.74, 6) is 0. The second-order valence-corrected chi connectivity index (χ2v) is 4.97. The smallest absolute Gasteiger partial charge is 0.101 e. The number of aryl methyl sites for hydroxylation is 1. The normalized spacial score (nSPS) is 10.5. The van der Waals surface area contributed by atoms with Gasteiger partial charge < -0.3 is 5.32 Å². The van der Waals surface area contributed by atoms with Gasteiger partial charge in [0.2, 0.25) is 0 Å². The Hall–Kier alpha value is -1.32. The number of aromatic nitrogens is 1. The predicted octanol–water partition coefficient (Wildman–Crippen LogP) is 3.26. The molecule has 1 N–H and O–H groups in total. The van der Waals surface area contributed by atoms with Crippen LogP contribution in [0.5, 0.6) is 0 Å². The molecule has 0 amide bonds. The third kappa shape index (κ3) is 3.32. The Morgan fingerprint density at radius 2 is 2.12 bits per heavy atom. The molecule has 2 aromatic rings. The lowest BCUT2D eigenvalue weighted by atomic mass is 10.1. The molecular formula is C14H16N2S. The first-order chi connectivity index (χ1) is 8.29. The minimum absolute atomic E-state index is 0.886. The van der Waals surface area contributed by atoms with Crippen LogP contribution in [0.1, 0.15) is 11.1 Å². The van der Waals surface area contributed by atoms with E-state index in [0.29, 0.717) is 0 Å². The molecule has 0 saturated carbocycles. The van der Waals surface area contributed by atoms with Gasteiger partial charge in [0.25, 0.3) is 0 Å². The summed E-state index contributed by atoms with van der Waals surface area (Å²) in [6.07, 6.45) is 1.83. The summed E-state index contributed by atoms with van der Waals surface area (Å²) in [4.78, 5) is 5.61. The van der Waals surface area contributed by atoms with E-state index in [4.69, 9.17) is 0 Å². The molecule has 0 fully saturated rings. The van der Waals surface area contributed by atoms with Crippen molar-refractivity contribution in [2.45, 2.75) is 23.4 Å². The van der Waals surface area contributed by atoms with E-state index in [1.165, 1.54) is 16.0 Å². The van der Waals surface area contributed by atoms with Crippen molar-refractivity contribution in [1.82, 2.24) is 10.3 Å². The third-order valence-corrected chi connectivity index (χ3v) is 3.50. The molecule has 1 aromatic heterocycles. The summed E-state index contributed by atoms with van der Waals surface area (Å²) >= 11 is 1.71. The second-order valence-electron chi connectivity index (χ2n) is 3.91. The first-order valence-corrected chi connectivity index (χ1v) is 6.44. The number of hydrogen-bond acceptors (Lipinski definition) is 3. The molecule has 2 rings (SSSR count). The van der Waals surface area contributed by atoms with Crippen LogP contribution in [0.15, 0.2) is 52.5 Å². The topological polar surface area (TPSA) is 24.9 Å². The Bertz CT molecular complexity index is 483. The maximum Gasteiger partial charge on any atom is 0.101 e. The van der Waals surface area contributed by atoms with Crippen LogP contribution in [0, 0.1) is 6.92 Å². The molecule has 0 bridgehead atoms. The molecule has 88 valence electrons. The average molecular weight is 244 g/mol. The first kappa shape index (κ1) is 12.1. The summed E-state index contributed by atoms with van der Waals surface area (Å²) in [6, 6.07) is 12.5. The highest BCUT2D eigenvalue weighted by Gasteiger charge is 2.04. The second kappa shape index (κ2) is 5.84. The van der Waals surface area contributed by atoms with E-state index in [2.05, 4.69) is 35.4 Å². The van der Waals surface area contributed by atoms with Gasteiger partial charge >= 0.3 is 0 Å². The summed E-state index contributed by atoms with van der Waals surface area (Å²) in [6.45, 7) is 3.01. The van der Waals surface area contributed by atoms with Crippen LogP contribution in [0.25, 0.3) is 0 Å². The van der Waals surface area contributed by atoms with E-state index in [1.54, 1.807) is 11.8 Å². The predicted molar refractivity (Wildman–Crippen MR) is 72.3 cm³/mol. The molecule has 0 unspecified atom stereocenters. The SMILES string of the molecule is CNCc1cc(C)ccc1Sc1ccccn1. The van der Waals surface area contributed by atoms with Gasteiger partial charge in [-0.15, -0.1) is 0 Å². The number of benzene rings is 1. The van der Waals surface area contributed by atoms with E-state index in [-0.39, 0.29) is 0 Å². The minimum atomic E-state index is 0.886. The van der Waals surface area contributed by atoms with Crippen LogP contribution in [0.2, 0.25) is 0 Å². The number of nitrogens with zero attached hydrogens (tertiary/aromatic N) is 1. The highest BCUT2D eigenvalue weighted by atomic mass is 32.2. The van der Waals surface area contributed by atoms with Gasteiger partial charge in [-0.1, -0.05) is 35.5 Å². The largest absolute Gasteiger partial charge is 0.316 e. The van der Waals surface area contributed by atoms with Gasteiger partial charge in [0.1, 0.15) is 5.03 Å². The van der Waals surface area contributed by atoms with Crippen molar-refractivity contribution in [3.8, 4) is 0 Å². The molecule has 0 spiro atoms. The average Bonchev–Trinajstić information content (AvgIpc) is 2.34. The number of rotatable bonds is 4. The molecule has 0 radical (unpaired) electrons. The monoisotopic (exact) mass is 244 g/mol. The van der Waals surface area contributed by atoms with Crippen molar-refractivity contribution >= 4 is 11.8 Å². The summed E-state index contributed by atoms with van der Waals surface area (Å²) < 4.78 is 0. The number of pyridine rings is 1. The van der Waals surface area contributed by atoms with Gasteiger partial charge in [-0.2, -0.15) is 0 Å². The standard InChI is InChI=1S/C14H16N2S/c1-11-6-7-13(12(9-11)10-15-2)17-14-5-3-4-8-16-14/h3-9,15H,10H2,1-2H3. The summed E-state index contributed by atoms with van der Waals surface area (Å²) in [7, 11) is 1.97. The van der Waals surface area contributed by atoms with Crippen molar-refractivity contribution in [2.75, 3.05) is 7.05 Å². The van der Waals surface area contributed by atoms with Gasteiger partial charge in [-0.25, -0.2) is 4.98 Å². The molecule has 0 atom stereocenters. The molecular weight excluding hydrogens is 228 g/mol. The van der Waals surface area contributed by atoms with Crippen LogP contribution in [-0.2, 0) is 6.54 Å². The fraction of sp³-hybridized carbons (Fsp3) is 0.214. The number of nitrogens with one attached hydrogen (secondary N) is 1. The molecule has 17 heavy (non-hydrogen) atoms. The lowest BCUT2D eigenvalue weighted by Crippen LogP contribution is -2.06. The van der Waals surface area contributed by atoms with Crippen LogP contribution in [0.4, 0.5) is 0 Å². The lowest BCUT2D eigenvalue weighted by molar-refractivity contribution is 0.802. The highest BCUT2D eigenvalue weighted by Crippen LogP contribution is 2.29. The minimum Gasteiger partial charge on any atom is -0.316 e. The van der Waals surface area contributed by atoms with Crippen molar-refractivity contribution in [1.29, 1.82) is 0 Å². The van der Waals surface area contributed by atoms with E-state index in [0.717, 1.165) is 11.6 Å². The zero-order valence-electron chi connectivity index (χ0n) is 10.1. The van der Waals surface area contributed by atoms with Gasteiger partial charge in [-0.05, 0) is 37.7 Å². The quantitative estimate of drug-likeness (QED) is 0.893. The van der Waals surface area contributed by atoms with E-state index >= 15 is 0 Å². The molecule has 0 saturated heterocycles. The van der Waals surface area contributed by atoms with E-state index < -0.39 is 0 Å². The zero-order valence-corrected chi connectivity index (χ0v) is 10.9. The van der Waals surface area contributed by atoms with Crippen molar-refractivity contribution in [3.63, 3.8) is 0 Å². The maximum atomic E-state index is 4.34. The molecule has 2 nitrogen and oxygen atoms in total. The Kier molecular flexibility index (Phi) is 4.18. The van der Waals surface area contributed by atoms with Crippen molar-refractivity contribution < 1.29 is 0 Å². The highest BCUT2D eigenvalue weighted by molar-refractivity contribution is 7.99. The third-order valence-electron chi connectivity index (χ3n) is 2.44. The fourth-order valence-corrected chi connectivity index (χ4v) is 2.54. The molecule has 0 aliphatic heterocycles. The van der Waals surface area contributed by atoms with Gasteiger partial charge in [0.15, 0.2) is 0 Å². The van der Waals surface area contributed by atoms with Gasteiger partial charge in [0.05, 0.1) is 0 Å². The van der Waals surface area contributed by atoms with Crippen molar-refractivity contribution in [2.24, 2.45) is 0 Å². The molecule has 1 aromatic carbocycles. The van der Waals surface area contributed by atoms with Gasteiger partial charge in [-0.3, -0.25) is 0 Å². The molecule has 0 aliphatic carbocycles. The summed E-state index contributed by atoms with van der Waals surface area (Å²) in [5.41, 5.74) is 2.61. The Labute approximate surface area is 106 Å².